The largest absolute Gasteiger partial charge is 0.381 e. The number of alkyl halides is 2. The van der Waals surface area contributed by atoms with Gasteiger partial charge in [0.05, 0.1) is 36.0 Å². The Hall–Kier alpha value is -1.98. The molecule has 3 heterocycles. The number of aromatic nitrogens is 1. The van der Waals surface area contributed by atoms with Gasteiger partial charge in [-0.1, -0.05) is 25.1 Å². The summed E-state index contributed by atoms with van der Waals surface area (Å²) >= 11 is 1.80. The first-order valence-corrected chi connectivity index (χ1v) is 14.6. The maximum atomic E-state index is 14.8. The van der Waals surface area contributed by atoms with Crippen molar-refractivity contribution in [2.75, 3.05) is 38.7 Å². The number of piperidine rings is 1. The van der Waals surface area contributed by atoms with Gasteiger partial charge in [-0.05, 0) is 79.3 Å². The molecular formula is C29H36FIN4O3. The van der Waals surface area contributed by atoms with Crippen molar-refractivity contribution >= 4 is 34.2 Å². The number of nitrogens with zero attached hydrogens (tertiary/aromatic N) is 2. The highest BCUT2D eigenvalue weighted by Gasteiger charge is 2.67. The number of ether oxygens (including phenoxy) is 1. The van der Waals surface area contributed by atoms with E-state index in [-0.39, 0.29) is 29.1 Å². The average molecular weight is 635 g/mol. The summed E-state index contributed by atoms with van der Waals surface area (Å²) in [4.78, 5) is 29.6. The van der Waals surface area contributed by atoms with Gasteiger partial charge in [0.25, 0.3) is 11.5 Å². The standard InChI is InChI=1S/C29H36FIN4O3/c1-15-18(7-6-8-22(15)28(4,30)31)17(3)32-27(37)21-12-35(29-14-38-13-23(29)16(29)2)25(36)9-24(21)33-26-19-10-34(5)11-20(19)26/h6-9,12,16-17,19-20,23,26,33H,10-11,13-14H2,1-5H3,(H,32,37)/t16-,17-,19?,20?,23?,26?,28?,29+/m1/s1. The molecule has 4 unspecified atom stereocenters. The van der Waals surface area contributed by atoms with Gasteiger partial charge in [-0.3, -0.25) is 9.59 Å². The van der Waals surface area contributed by atoms with Crippen LogP contribution in [0.5, 0.6) is 0 Å². The molecule has 0 bridgehead atoms. The summed E-state index contributed by atoms with van der Waals surface area (Å²) in [6.07, 6.45) is 1.74. The van der Waals surface area contributed by atoms with Gasteiger partial charge in [0.15, 0.2) is 3.68 Å². The van der Waals surface area contributed by atoms with Crippen LogP contribution in [0.15, 0.2) is 35.3 Å². The van der Waals surface area contributed by atoms with Gasteiger partial charge in [-0.25, -0.2) is 4.39 Å². The van der Waals surface area contributed by atoms with Crippen LogP contribution in [-0.4, -0.2) is 54.8 Å². The number of likely N-dealkylation sites (tertiary alicyclic amines) is 1. The van der Waals surface area contributed by atoms with E-state index in [0.29, 0.717) is 53.7 Å². The summed E-state index contributed by atoms with van der Waals surface area (Å²) in [7, 11) is 2.13. The number of benzene rings is 1. The molecule has 1 aromatic heterocycles. The van der Waals surface area contributed by atoms with Crippen molar-refractivity contribution in [1.29, 1.82) is 0 Å². The number of hydrogen-bond donors (Lipinski definition) is 2. The minimum Gasteiger partial charge on any atom is -0.381 e. The third kappa shape index (κ3) is 4.11. The highest BCUT2D eigenvalue weighted by atomic mass is 127. The number of pyridine rings is 1. The molecule has 38 heavy (non-hydrogen) atoms. The van der Waals surface area contributed by atoms with Crippen LogP contribution < -0.4 is 16.2 Å². The molecular weight excluding hydrogens is 598 g/mol. The Bertz CT molecular complexity index is 1340. The SMILES string of the molecule is Cc1c([C@@H](C)NC(=O)c2cn([C@]34COCC3[C@H]4C)c(=O)cc2NC2C3CN(C)CC32)cccc1C(C)(F)I. The summed E-state index contributed by atoms with van der Waals surface area (Å²) in [6, 6.07) is 7.08. The quantitative estimate of drug-likeness (QED) is 0.353. The van der Waals surface area contributed by atoms with Crippen molar-refractivity contribution in [3.8, 4) is 0 Å². The third-order valence-electron chi connectivity index (χ3n) is 9.66. The van der Waals surface area contributed by atoms with Crippen LogP contribution in [0.2, 0.25) is 0 Å². The van der Waals surface area contributed by atoms with E-state index in [4.69, 9.17) is 4.74 Å². The Morgan fingerprint density at radius 1 is 1.32 bits per heavy atom. The average Bonchev–Trinajstić information content (AvgIpc) is 3.42. The van der Waals surface area contributed by atoms with E-state index >= 15 is 0 Å². The maximum absolute atomic E-state index is 14.8. The van der Waals surface area contributed by atoms with Crippen LogP contribution in [0.25, 0.3) is 0 Å². The van der Waals surface area contributed by atoms with Gasteiger partial charge in [-0.2, -0.15) is 0 Å². The summed E-state index contributed by atoms with van der Waals surface area (Å²) in [5, 5.41) is 6.69. The molecule has 4 fully saturated rings. The molecule has 2 saturated carbocycles. The Morgan fingerprint density at radius 2 is 2.03 bits per heavy atom. The molecule has 9 heteroatoms. The van der Waals surface area contributed by atoms with Crippen LogP contribution in [0.3, 0.4) is 0 Å². The van der Waals surface area contributed by atoms with E-state index in [1.807, 2.05) is 26.0 Å². The second-order valence-electron chi connectivity index (χ2n) is 12.0. The molecule has 7 atom stereocenters. The molecule has 2 N–H and O–H groups in total. The van der Waals surface area contributed by atoms with E-state index in [2.05, 4.69) is 29.5 Å². The highest BCUT2D eigenvalue weighted by molar-refractivity contribution is 14.1. The van der Waals surface area contributed by atoms with E-state index in [1.54, 1.807) is 45.5 Å². The minimum absolute atomic E-state index is 0.104. The smallest absolute Gasteiger partial charge is 0.255 e. The van der Waals surface area contributed by atoms with E-state index < -0.39 is 3.68 Å². The van der Waals surface area contributed by atoms with E-state index in [1.165, 1.54) is 6.92 Å². The zero-order valence-corrected chi connectivity index (χ0v) is 24.7. The summed E-state index contributed by atoms with van der Waals surface area (Å²) in [5.74, 6) is 1.45. The van der Waals surface area contributed by atoms with E-state index in [0.717, 1.165) is 24.2 Å². The minimum atomic E-state index is -1.51. The van der Waals surface area contributed by atoms with Crippen LogP contribution in [-0.2, 0) is 14.0 Å². The Balaban J connectivity index is 1.32. The van der Waals surface area contributed by atoms with Gasteiger partial charge in [0.1, 0.15) is 0 Å². The molecule has 1 aromatic carbocycles. The van der Waals surface area contributed by atoms with Gasteiger partial charge >= 0.3 is 0 Å². The van der Waals surface area contributed by atoms with Crippen molar-refractivity contribution in [3.05, 3.63) is 63.1 Å². The fraction of sp³-hybridized carbons (Fsp3) is 0.586. The molecule has 2 aliphatic carbocycles. The van der Waals surface area contributed by atoms with Gasteiger partial charge in [0, 0.05) is 42.9 Å². The van der Waals surface area contributed by atoms with E-state index in [9.17, 15) is 14.0 Å². The zero-order chi connectivity index (χ0) is 27.1. The van der Waals surface area contributed by atoms with Crippen molar-refractivity contribution in [2.24, 2.45) is 23.7 Å². The lowest BCUT2D eigenvalue weighted by Gasteiger charge is -2.24. The second kappa shape index (κ2) is 9.02. The fourth-order valence-electron chi connectivity index (χ4n) is 7.29. The van der Waals surface area contributed by atoms with Crippen LogP contribution in [0.1, 0.15) is 53.9 Å². The molecule has 2 aliphatic heterocycles. The summed E-state index contributed by atoms with van der Waals surface area (Å²) in [5.41, 5.74) is 2.89. The first-order chi connectivity index (χ1) is 17.9. The number of carbonyl (C=O) groups excluding carboxylic acids is 1. The molecule has 1 amide bonds. The lowest BCUT2D eigenvalue weighted by Crippen LogP contribution is -2.37. The van der Waals surface area contributed by atoms with Gasteiger partial charge in [0.2, 0.25) is 0 Å². The third-order valence-corrected chi connectivity index (χ3v) is 10.2. The number of halogens is 2. The Morgan fingerprint density at radius 3 is 2.66 bits per heavy atom. The topological polar surface area (TPSA) is 75.6 Å². The number of rotatable bonds is 7. The molecule has 204 valence electrons. The van der Waals surface area contributed by atoms with Crippen molar-refractivity contribution in [2.45, 2.75) is 49.0 Å². The summed E-state index contributed by atoms with van der Waals surface area (Å²) < 4.78 is 20.8. The lowest BCUT2D eigenvalue weighted by molar-refractivity contribution is 0.0938. The fourth-order valence-corrected chi connectivity index (χ4v) is 7.88. The number of anilines is 1. The number of hydrogen-bond acceptors (Lipinski definition) is 5. The first kappa shape index (κ1) is 26.3. The Labute approximate surface area is 236 Å². The van der Waals surface area contributed by atoms with Crippen molar-refractivity contribution in [1.82, 2.24) is 14.8 Å². The second-order valence-corrected chi connectivity index (χ2v) is 14.1. The lowest BCUT2D eigenvalue weighted by atomic mass is 9.95. The van der Waals surface area contributed by atoms with Crippen molar-refractivity contribution < 1.29 is 13.9 Å². The highest BCUT2D eigenvalue weighted by Crippen LogP contribution is 2.59. The monoisotopic (exact) mass is 634 g/mol. The van der Waals surface area contributed by atoms with Gasteiger partial charge < -0.3 is 24.8 Å². The molecule has 0 radical (unpaired) electrons. The normalized spacial score (nSPS) is 33.7. The molecule has 2 aromatic rings. The Kier molecular flexibility index (Phi) is 6.23. The first-order valence-electron chi connectivity index (χ1n) is 13.5. The van der Waals surface area contributed by atoms with Crippen LogP contribution in [0.4, 0.5) is 10.1 Å². The molecule has 0 spiro atoms. The molecule has 7 nitrogen and oxygen atoms in total. The summed E-state index contributed by atoms with van der Waals surface area (Å²) in [6.45, 7) is 10.7. The number of fused-ring (bicyclic) bond motifs is 2. The molecule has 2 saturated heterocycles. The van der Waals surface area contributed by atoms with Crippen LogP contribution >= 0.6 is 22.6 Å². The number of amides is 1. The number of nitrogens with one attached hydrogen (secondary N) is 2. The molecule has 4 aliphatic rings. The van der Waals surface area contributed by atoms with Crippen molar-refractivity contribution in [3.63, 3.8) is 0 Å². The molecule has 6 rings (SSSR count). The maximum Gasteiger partial charge on any atom is 0.255 e. The zero-order valence-electron chi connectivity index (χ0n) is 22.6. The number of carbonyl (C=O) groups is 1. The van der Waals surface area contributed by atoms with Gasteiger partial charge in [-0.15, -0.1) is 0 Å². The predicted molar refractivity (Wildman–Crippen MR) is 154 cm³/mol. The predicted octanol–water partition coefficient (Wildman–Crippen LogP) is 4.19. The van der Waals surface area contributed by atoms with Crippen LogP contribution in [0, 0.1) is 30.6 Å².